The highest BCUT2D eigenvalue weighted by atomic mass is 16.5. The number of methoxy groups -OCH3 is 1. The van der Waals surface area contributed by atoms with Crippen LogP contribution in [0.1, 0.15) is 27.0 Å². The van der Waals surface area contributed by atoms with E-state index in [1.807, 2.05) is 19.1 Å². The van der Waals surface area contributed by atoms with Crippen molar-refractivity contribution >= 4 is 5.91 Å². The number of nitrogens with one attached hydrogen (secondary N) is 1. The van der Waals surface area contributed by atoms with Crippen molar-refractivity contribution in [3.63, 3.8) is 0 Å². The lowest BCUT2D eigenvalue weighted by molar-refractivity contribution is 0.0950. The van der Waals surface area contributed by atoms with Crippen LogP contribution in [0.25, 0.3) is 0 Å². The first-order chi connectivity index (χ1) is 11.5. The molecular formula is C20H23NO3. The Balaban J connectivity index is 2.07. The molecule has 0 radical (unpaired) electrons. The molecule has 0 aliphatic rings. The summed E-state index contributed by atoms with van der Waals surface area (Å²) in [4.78, 5) is 12.4. The Labute approximate surface area is 143 Å². The van der Waals surface area contributed by atoms with E-state index in [4.69, 9.17) is 9.47 Å². The molecule has 126 valence electrons. The molecule has 24 heavy (non-hydrogen) atoms. The van der Waals surface area contributed by atoms with Crippen molar-refractivity contribution in [2.24, 2.45) is 0 Å². The quantitative estimate of drug-likeness (QED) is 0.788. The molecule has 0 aliphatic carbocycles. The van der Waals surface area contributed by atoms with Crippen molar-refractivity contribution in [2.75, 3.05) is 13.7 Å². The number of benzene rings is 2. The van der Waals surface area contributed by atoms with Crippen LogP contribution in [0.3, 0.4) is 0 Å². The van der Waals surface area contributed by atoms with Crippen LogP contribution in [0, 0.1) is 13.8 Å². The van der Waals surface area contributed by atoms with Gasteiger partial charge in [-0.2, -0.15) is 0 Å². The molecular weight excluding hydrogens is 302 g/mol. The monoisotopic (exact) mass is 325 g/mol. The van der Waals surface area contributed by atoms with E-state index in [1.165, 1.54) is 11.1 Å². The topological polar surface area (TPSA) is 47.6 Å². The molecule has 4 nitrogen and oxygen atoms in total. The fraction of sp³-hybridized carbons (Fsp3) is 0.250. The summed E-state index contributed by atoms with van der Waals surface area (Å²) in [6.07, 6.45) is 1.66. The van der Waals surface area contributed by atoms with Gasteiger partial charge in [0.25, 0.3) is 5.91 Å². The molecule has 2 aromatic rings. The molecule has 0 spiro atoms. The Morgan fingerprint density at radius 3 is 2.62 bits per heavy atom. The lowest BCUT2D eigenvalue weighted by Crippen LogP contribution is -2.23. The molecule has 0 aromatic heterocycles. The predicted octanol–water partition coefficient (Wildman–Crippen LogP) is 3.81. The van der Waals surface area contributed by atoms with E-state index in [0.29, 0.717) is 30.2 Å². The Bertz CT molecular complexity index is 738. The average Bonchev–Trinajstić information content (AvgIpc) is 2.58. The Hall–Kier alpha value is -2.75. The van der Waals surface area contributed by atoms with Crippen LogP contribution in [-0.4, -0.2) is 19.6 Å². The number of hydrogen-bond donors (Lipinski definition) is 1. The fourth-order valence-corrected chi connectivity index (χ4v) is 2.40. The van der Waals surface area contributed by atoms with Crippen LogP contribution in [0.5, 0.6) is 11.5 Å². The first-order valence-electron chi connectivity index (χ1n) is 7.81. The number of aryl methyl sites for hydroxylation is 2. The molecule has 0 bridgehead atoms. The summed E-state index contributed by atoms with van der Waals surface area (Å²) in [5, 5.41) is 2.94. The smallest absolute Gasteiger partial charge is 0.251 e. The maximum Gasteiger partial charge on any atom is 0.251 e. The van der Waals surface area contributed by atoms with Gasteiger partial charge in [-0.3, -0.25) is 4.79 Å². The average molecular weight is 325 g/mol. The third-order valence-electron chi connectivity index (χ3n) is 3.72. The molecule has 0 aliphatic heterocycles. The second kappa shape index (κ2) is 8.20. The predicted molar refractivity (Wildman–Crippen MR) is 95.8 cm³/mol. The van der Waals surface area contributed by atoms with Crippen LogP contribution in [0.15, 0.2) is 49.1 Å². The van der Waals surface area contributed by atoms with Gasteiger partial charge in [-0.15, -0.1) is 0 Å². The van der Waals surface area contributed by atoms with E-state index in [1.54, 1.807) is 31.4 Å². The van der Waals surface area contributed by atoms with Gasteiger partial charge in [-0.05, 0) is 43.2 Å². The molecule has 1 N–H and O–H groups in total. The van der Waals surface area contributed by atoms with Crippen molar-refractivity contribution < 1.29 is 14.3 Å². The SMILES string of the molecule is C=CCOc1ccc(C(=O)NCc2ccc(C)cc2C)cc1OC. The van der Waals surface area contributed by atoms with Gasteiger partial charge >= 0.3 is 0 Å². The standard InChI is InChI=1S/C20H23NO3/c1-5-10-24-18-9-8-16(12-19(18)23-4)20(22)21-13-17-7-6-14(2)11-15(17)3/h5-9,11-12H,1,10,13H2,2-4H3,(H,21,22). The van der Waals surface area contributed by atoms with Crippen LogP contribution in [-0.2, 0) is 6.54 Å². The summed E-state index contributed by atoms with van der Waals surface area (Å²) in [5.74, 6) is 0.961. The molecule has 0 unspecified atom stereocenters. The van der Waals surface area contributed by atoms with Gasteiger partial charge in [0.2, 0.25) is 0 Å². The minimum absolute atomic E-state index is 0.149. The van der Waals surface area contributed by atoms with Crippen molar-refractivity contribution in [3.8, 4) is 11.5 Å². The van der Waals surface area contributed by atoms with E-state index in [2.05, 4.69) is 24.9 Å². The summed E-state index contributed by atoms with van der Waals surface area (Å²) in [5.41, 5.74) is 4.01. The molecule has 0 saturated heterocycles. The second-order valence-electron chi connectivity index (χ2n) is 5.58. The molecule has 1 amide bonds. The van der Waals surface area contributed by atoms with Gasteiger partial charge in [-0.1, -0.05) is 36.4 Å². The van der Waals surface area contributed by atoms with E-state index in [0.717, 1.165) is 5.56 Å². The van der Waals surface area contributed by atoms with Gasteiger partial charge in [0.15, 0.2) is 11.5 Å². The Morgan fingerprint density at radius 2 is 1.96 bits per heavy atom. The molecule has 0 fully saturated rings. The van der Waals surface area contributed by atoms with Gasteiger partial charge in [0.1, 0.15) is 6.61 Å². The zero-order valence-corrected chi connectivity index (χ0v) is 14.4. The van der Waals surface area contributed by atoms with Crippen molar-refractivity contribution in [2.45, 2.75) is 20.4 Å². The number of amides is 1. The lowest BCUT2D eigenvalue weighted by atomic mass is 10.1. The summed E-state index contributed by atoms with van der Waals surface area (Å²) in [6, 6.07) is 11.3. The zero-order valence-electron chi connectivity index (χ0n) is 14.4. The van der Waals surface area contributed by atoms with Gasteiger partial charge in [0.05, 0.1) is 7.11 Å². The first kappa shape index (κ1) is 17.6. The normalized spacial score (nSPS) is 10.1. The first-order valence-corrected chi connectivity index (χ1v) is 7.81. The summed E-state index contributed by atoms with van der Waals surface area (Å²) < 4.78 is 10.8. The Kier molecular flexibility index (Phi) is 6.01. The van der Waals surface area contributed by atoms with Gasteiger partial charge < -0.3 is 14.8 Å². The minimum atomic E-state index is -0.149. The highest BCUT2D eigenvalue weighted by molar-refractivity contribution is 5.94. The van der Waals surface area contributed by atoms with Crippen LogP contribution in [0.2, 0.25) is 0 Å². The highest BCUT2D eigenvalue weighted by Crippen LogP contribution is 2.28. The van der Waals surface area contributed by atoms with E-state index < -0.39 is 0 Å². The number of carbonyl (C=O) groups is 1. The van der Waals surface area contributed by atoms with E-state index >= 15 is 0 Å². The molecule has 0 atom stereocenters. The number of hydrogen-bond acceptors (Lipinski definition) is 3. The zero-order chi connectivity index (χ0) is 17.5. The van der Waals surface area contributed by atoms with E-state index in [-0.39, 0.29) is 5.91 Å². The number of rotatable bonds is 7. The molecule has 4 heteroatoms. The van der Waals surface area contributed by atoms with Crippen molar-refractivity contribution in [1.82, 2.24) is 5.32 Å². The lowest BCUT2D eigenvalue weighted by Gasteiger charge is -2.12. The third-order valence-corrected chi connectivity index (χ3v) is 3.72. The van der Waals surface area contributed by atoms with Gasteiger partial charge in [-0.25, -0.2) is 0 Å². The van der Waals surface area contributed by atoms with Gasteiger partial charge in [0, 0.05) is 12.1 Å². The second-order valence-corrected chi connectivity index (χ2v) is 5.58. The molecule has 0 saturated carbocycles. The summed E-state index contributed by atoms with van der Waals surface area (Å²) in [6.45, 7) is 8.58. The summed E-state index contributed by atoms with van der Waals surface area (Å²) in [7, 11) is 1.55. The maximum absolute atomic E-state index is 12.4. The molecule has 0 heterocycles. The minimum Gasteiger partial charge on any atom is -0.493 e. The summed E-state index contributed by atoms with van der Waals surface area (Å²) >= 11 is 0. The van der Waals surface area contributed by atoms with Crippen molar-refractivity contribution in [1.29, 1.82) is 0 Å². The van der Waals surface area contributed by atoms with Crippen LogP contribution >= 0.6 is 0 Å². The Morgan fingerprint density at radius 1 is 1.17 bits per heavy atom. The van der Waals surface area contributed by atoms with E-state index in [9.17, 15) is 4.79 Å². The van der Waals surface area contributed by atoms with Crippen molar-refractivity contribution in [3.05, 3.63) is 71.3 Å². The maximum atomic E-state index is 12.4. The molecule has 2 rings (SSSR count). The highest BCUT2D eigenvalue weighted by Gasteiger charge is 2.11. The number of carbonyl (C=O) groups excluding carboxylic acids is 1. The largest absolute Gasteiger partial charge is 0.493 e. The van der Waals surface area contributed by atoms with Crippen LogP contribution in [0.4, 0.5) is 0 Å². The molecule has 2 aromatic carbocycles. The van der Waals surface area contributed by atoms with Crippen LogP contribution < -0.4 is 14.8 Å². The number of ether oxygens (including phenoxy) is 2. The third kappa shape index (κ3) is 4.38. The fourth-order valence-electron chi connectivity index (χ4n) is 2.40.